The van der Waals surface area contributed by atoms with Crippen LogP contribution in [0.1, 0.15) is 11.7 Å². The first kappa shape index (κ1) is 17.9. The number of hydrogen-bond donors (Lipinski definition) is 1. The molecule has 4 rings (SSSR count). The molecule has 28 heavy (non-hydrogen) atoms. The molecular weight excluding hydrogens is 397 g/mol. The van der Waals surface area contributed by atoms with Crippen molar-refractivity contribution < 1.29 is 17.7 Å². The summed E-state index contributed by atoms with van der Waals surface area (Å²) in [5.41, 5.74) is 0.881. The van der Waals surface area contributed by atoms with Gasteiger partial charge in [0.2, 0.25) is 11.8 Å². The third-order valence-corrected chi connectivity index (χ3v) is 4.14. The molecule has 0 saturated heterocycles. The second-order valence-corrected chi connectivity index (χ2v) is 6.16. The molecule has 4 aromatic rings. The Morgan fingerprint density at radius 3 is 2.54 bits per heavy atom. The predicted octanol–water partition coefficient (Wildman–Crippen LogP) is 3.07. The third kappa shape index (κ3) is 3.93. The lowest BCUT2D eigenvalue weighted by Gasteiger charge is -2.05. The fourth-order valence-electron chi connectivity index (χ4n) is 2.09. The lowest BCUT2D eigenvalue weighted by atomic mass is 10.3. The van der Waals surface area contributed by atoms with Crippen molar-refractivity contribution in [1.29, 1.82) is 0 Å². The minimum absolute atomic E-state index is 0.199. The highest BCUT2D eigenvalue weighted by atomic mass is 32.1. The second kappa shape index (κ2) is 7.26. The fraction of sp³-hybridized carbons (Fsp3) is 0.133. The van der Waals surface area contributed by atoms with E-state index in [2.05, 4.69) is 44.9 Å². The van der Waals surface area contributed by atoms with Crippen molar-refractivity contribution in [2.45, 2.75) is 12.7 Å². The summed E-state index contributed by atoms with van der Waals surface area (Å²) >= 11 is 1.46. The van der Waals surface area contributed by atoms with Gasteiger partial charge in [0.1, 0.15) is 16.5 Å². The summed E-state index contributed by atoms with van der Waals surface area (Å²) in [5.74, 6) is -0.920. The summed E-state index contributed by atoms with van der Waals surface area (Å²) in [4.78, 5) is 24.1. The van der Waals surface area contributed by atoms with Gasteiger partial charge in [0.15, 0.2) is 0 Å². The van der Waals surface area contributed by atoms with Gasteiger partial charge in [-0.25, -0.2) is 24.9 Å². The first-order chi connectivity index (χ1) is 13.5. The average molecular weight is 406 g/mol. The van der Waals surface area contributed by atoms with Crippen LogP contribution in [0.4, 0.5) is 19.1 Å². The normalized spacial score (nSPS) is 11.5. The molecule has 0 bridgehead atoms. The number of thiazole rings is 1. The van der Waals surface area contributed by atoms with Crippen LogP contribution in [0.5, 0.6) is 0 Å². The van der Waals surface area contributed by atoms with Gasteiger partial charge in [-0.3, -0.25) is 0 Å². The summed E-state index contributed by atoms with van der Waals surface area (Å²) in [7, 11) is 0. The van der Waals surface area contributed by atoms with E-state index in [1.807, 2.05) is 5.38 Å². The van der Waals surface area contributed by atoms with Crippen LogP contribution >= 0.6 is 11.3 Å². The predicted molar refractivity (Wildman–Crippen MR) is 90.8 cm³/mol. The van der Waals surface area contributed by atoms with Crippen LogP contribution in [0.3, 0.4) is 0 Å². The highest BCUT2D eigenvalue weighted by Crippen LogP contribution is 2.29. The Morgan fingerprint density at radius 2 is 1.86 bits per heavy atom. The number of halogens is 3. The Bertz CT molecular complexity index is 1070. The third-order valence-electron chi connectivity index (χ3n) is 3.34. The number of anilines is 1. The van der Waals surface area contributed by atoms with E-state index in [9.17, 15) is 13.2 Å². The molecule has 0 spiro atoms. The molecule has 0 radical (unpaired) electrons. The van der Waals surface area contributed by atoms with Gasteiger partial charge >= 0.3 is 12.1 Å². The molecule has 4 aromatic heterocycles. The summed E-state index contributed by atoms with van der Waals surface area (Å²) in [5, 5.41) is 8.88. The van der Waals surface area contributed by atoms with Crippen LogP contribution < -0.4 is 5.32 Å². The van der Waals surface area contributed by atoms with Gasteiger partial charge in [-0.15, -0.1) is 11.3 Å². The second-order valence-electron chi connectivity index (χ2n) is 5.27. The zero-order chi connectivity index (χ0) is 19.6. The lowest BCUT2D eigenvalue weighted by molar-refractivity contribution is -0.159. The number of aromatic nitrogens is 7. The maximum absolute atomic E-state index is 12.5. The van der Waals surface area contributed by atoms with E-state index in [-0.39, 0.29) is 17.9 Å². The van der Waals surface area contributed by atoms with Gasteiger partial charge in [-0.1, -0.05) is 5.16 Å². The summed E-state index contributed by atoms with van der Waals surface area (Å²) in [6.45, 7) is 0.210. The van der Waals surface area contributed by atoms with Crippen molar-refractivity contribution in [2.24, 2.45) is 0 Å². The smallest absolute Gasteiger partial charge is 0.347 e. The standard InChI is InChI=1S/C15H9F3N8OS/c16-15(17,18)13-25-11(26-27-13)8-5-21-10(22-6-8)7-23-14-20-2-1-9(24-14)12-19-3-4-28-12/h1-6H,7H2,(H,20,23,24). The molecule has 0 saturated carbocycles. The topological polar surface area (TPSA) is 115 Å². The van der Waals surface area contributed by atoms with Crippen molar-refractivity contribution in [3.8, 4) is 22.1 Å². The van der Waals surface area contributed by atoms with Crippen LogP contribution in [-0.2, 0) is 12.7 Å². The highest BCUT2D eigenvalue weighted by Gasteiger charge is 2.38. The number of rotatable bonds is 5. The van der Waals surface area contributed by atoms with E-state index in [1.165, 1.54) is 23.7 Å². The van der Waals surface area contributed by atoms with Gasteiger partial charge < -0.3 is 9.84 Å². The monoisotopic (exact) mass is 406 g/mol. The summed E-state index contributed by atoms with van der Waals surface area (Å²) in [6, 6.07) is 1.75. The van der Waals surface area contributed by atoms with Crippen LogP contribution in [0.15, 0.2) is 40.8 Å². The van der Waals surface area contributed by atoms with Crippen molar-refractivity contribution in [1.82, 2.24) is 35.1 Å². The van der Waals surface area contributed by atoms with E-state index in [1.54, 1.807) is 18.5 Å². The average Bonchev–Trinajstić information content (AvgIpc) is 3.39. The molecule has 0 aromatic carbocycles. The molecule has 1 N–H and O–H groups in total. The minimum atomic E-state index is -4.71. The van der Waals surface area contributed by atoms with Gasteiger partial charge in [-0.05, 0) is 6.07 Å². The maximum atomic E-state index is 12.5. The Hall–Kier alpha value is -3.48. The number of hydrogen-bond acceptors (Lipinski definition) is 10. The van der Waals surface area contributed by atoms with Crippen molar-refractivity contribution in [3.05, 3.63) is 47.9 Å². The number of alkyl halides is 3. The molecule has 0 unspecified atom stereocenters. The highest BCUT2D eigenvalue weighted by molar-refractivity contribution is 7.13. The van der Waals surface area contributed by atoms with E-state index >= 15 is 0 Å². The van der Waals surface area contributed by atoms with E-state index in [4.69, 9.17) is 0 Å². The molecular formula is C15H9F3N8OS. The zero-order valence-corrected chi connectivity index (χ0v) is 14.6. The molecule has 0 fully saturated rings. The largest absolute Gasteiger partial charge is 0.471 e. The van der Waals surface area contributed by atoms with E-state index in [0.29, 0.717) is 17.5 Å². The molecule has 0 aliphatic heterocycles. The molecule has 4 heterocycles. The molecule has 9 nitrogen and oxygen atoms in total. The van der Waals surface area contributed by atoms with Crippen molar-refractivity contribution >= 4 is 17.3 Å². The Kier molecular flexibility index (Phi) is 4.65. The first-order valence-corrected chi connectivity index (χ1v) is 8.56. The first-order valence-electron chi connectivity index (χ1n) is 7.68. The van der Waals surface area contributed by atoms with Crippen LogP contribution in [0.25, 0.3) is 22.1 Å². The summed E-state index contributed by atoms with van der Waals surface area (Å²) in [6.07, 6.45) is 1.20. The number of nitrogens with one attached hydrogen (secondary N) is 1. The van der Waals surface area contributed by atoms with Crippen molar-refractivity contribution in [3.63, 3.8) is 0 Å². The molecule has 13 heteroatoms. The Labute approximate surface area is 158 Å². The Balaban J connectivity index is 1.43. The van der Waals surface area contributed by atoms with Crippen LogP contribution in [0, 0.1) is 0 Å². The van der Waals surface area contributed by atoms with Crippen LogP contribution in [-0.4, -0.2) is 35.1 Å². The zero-order valence-electron chi connectivity index (χ0n) is 13.8. The number of nitrogens with zero attached hydrogens (tertiary/aromatic N) is 7. The molecule has 142 valence electrons. The van der Waals surface area contributed by atoms with Crippen LogP contribution in [0.2, 0.25) is 0 Å². The minimum Gasteiger partial charge on any atom is -0.347 e. The fourth-order valence-corrected chi connectivity index (χ4v) is 2.70. The van der Waals surface area contributed by atoms with E-state index in [0.717, 1.165) is 5.01 Å². The van der Waals surface area contributed by atoms with E-state index < -0.39 is 12.1 Å². The lowest BCUT2D eigenvalue weighted by Crippen LogP contribution is -2.07. The quantitative estimate of drug-likeness (QED) is 0.534. The van der Waals surface area contributed by atoms with Gasteiger partial charge in [-0.2, -0.15) is 18.2 Å². The van der Waals surface area contributed by atoms with Gasteiger partial charge in [0.05, 0.1) is 12.1 Å². The maximum Gasteiger partial charge on any atom is 0.471 e. The molecule has 0 aliphatic carbocycles. The van der Waals surface area contributed by atoms with Crippen molar-refractivity contribution in [2.75, 3.05) is 5.32 Å². The van der Waals surface area contributed by atoms with Gasteiger partial charge in [0, 0.05) is 30.2 Å². The Morgan fingerprint density at radius 1 is 1.04 bits per heavy atom. The molecule has 0 atom stereocenters. The SMILES string of the molecule is FC(F)(F)c1nc(-c2cnc(CNc3nccc(-c4nccs4)n3)nc2)no1. The molecule has 0 amide bonds. The molecule has 0 aliphatic rings. The summed E-state index contributed by atoms with van der Waals surface area (Å²) < 4.78 is 41.7. The van der Waals surface area contributed by atoms with Gasteiger partial charge in [0.25, 0.3) is 0 Å².